The van der Waals surface area contributed by atoms with Crippen LogP contribution >= 0.6 is 0 Å². The van der Waals surface area contributed by atoms with E-state index in [9.17, 15) is 34.5 Å². The number of unbranched alkanes of at least 4 members (excludes halogenated alkanes) is 30. The Morgan fingerprint density at radius 2 is 0.840 bits per heavy atom. The van der Waals surface area contributed by atoms with Crippen LogP contribution in [0.1, 0.15) is 278 Å². The van der Waals surface area contributed by atoms with Gasteiger partial charge in [-0.2, -0.15) is 0 Å². The Labute approximate surface area is 456 Å². The Bertz CT molecular complexity index is 1490. The van der Waals surface area contributed by atoms with E-state index in [1.54, 1.807) is 0 Å². The molecule has 1 aliphatic heterocycles. The fraction of sp³-hybridized carbons (Fsp3) is 0.810. The Kier molecular flexibility index (Phi) is 47.8. The van der Waals surface area contributed by atoms with Crippen LogP contribution in [0.2, 0.25) is 0 Å². The monoisotopic (exact) mass is 1060 g/mol. The lowest BCUT2D eigenvalue weighted by Gasteiger charge is -2.40. The second-order valence-electron chi connectivity index (χ2n) is 21.0. The van der Waals surface area contributed by atoms with E-state index in [1.165, 1.54) is 103 Å². The zero-order valence-corrected chi connectivity index (χ0v) is 47.8. The average Bonchev–Trinajstić information content (AvgIpc) is 3.39. The van der Waals surface area contributed by atoms with Crippen LogP contribution in [0.15, 0.2) is 48.6 Å². The Morgan fingerprint density at radius 3 is 1.31 bits per heavy atom. The molecule has 0 radical (unpaired) electrons. The van der Waals surface area contributed by atoms with Gasteiger partial charge in [0.05, 0.1) is 6.61 Å². The van der Waals surface area contributed by atoms with Gasteiger partial charge < -0.3 is 39.0 Å². The van der Waals surface area contributed by atoms with Crippen molar-refractivity contribution in [1.29, 1.82) is 0 Å². The molecule has 0 saturated carbocycles. The van der Waals surface area contributed by atoms with E-state index in [4.69, 9.17) is 23.7 Å². The first kappa shape index (κ1) is 69.7. The maximum absolute atomic E-state index is 13.1. The molecule has 434 valence electrons. The second kappa shape index (κ2) is 51.4. The number of carbonyl (C=O) groups excluding carboxylic acids is 3. The minimum absolute atomic E-state index is 0.0621. The number of rotatable bonds is 52. The maximum atomic E-state index is 13.1. The van der Waals surface area contributed by atoms with Crippen LogP contribution < -0.4 is 0 Å². The number of aliphatic carboxylic acids is 1. The number of hydrogen-bond acceptors (Lipinski definition) is 11. The van der Waals surface area contributed by atoms with Gasteiger partial charge in [0, 0.05) is 19.3 Å². The molecule has 0 bridgehead atoms. The molecule has 0 amide bonds. The van der Waals surface area contributed by atoms with Crippen molar-refractivity contribution in [2.75, 3.05) is 13.2 Å². The first-order valence-electron chi connectivity index (χ1n) is 30.6. The third kappa shape index (κ3) is 41.5. The molecule has 1 fully saturated rings. The SMILES string of the molecule is CC/C=C\C/C=C\C/C=C\CCCCCCCC(=O)OCC(COC1OC(C(=O)O)C(O)C(O)C1OC(=O)CCCCCCCCCCCCCCCCCCC)OC(=O)CCCCCCC/C=C\CCCCCC. The molecule has 6 unspecified atom stereocenters. The van der Waals surface area contributed by atoms with E-state index < -0.39 is 67.3 Å². The third-order valence-corrected chi connectivity index (χ3v) is 13.9. The van der Waals surface area contributed by atoms with Crippen LogP contribution in [0, 0.1) is 0 Å². The molecular formula is C63H110O12. The summed E-state index contributed by atoms with van der Waals surface area (Å²) in [6.45, 7) is 5.87. The van der Waals surface area contributed by atoms with E-state index in [-0.39, 0.29) is 25.9 Å². The van der Waals surface area contributed by atoms with Gasteiger partial charge in [0.25, 0.3) is 0 Å². The van der Waals surface area contributed by atoms with Crippen molar-refractivity contribution >= 4 is 23.9 Å². The average molecular weight is 1060 g/mol. The van der Waals surface area contributed by atoms with Crippen molar-refractivity contribution in [3.05, 3.63) is 48.6 Å². The van der Waals surface area contributed by atoms with Crippen LogP contribution in [0.5, 0.6) is 0 Å². The number of esters is 3. The lowest BCUT2D eigenvalue weighted by molar-refractivity contribution is -0.301. The van der Waals surface area contributed by atoms with Gasteiger partial charge in [0.15, 0.2) is 24.6 Å². The molecule has 3 N–H and O–H groups in total. The van der Waals surface area contributed by atoms with Gasteiger partial charge >= 0.3 is 23.9 Å². The lowest BCUT2D eigenvalue weighted by atomic mass is 9.98. The maximum Gasteiger partial charge on any atom is 0.335 e. The summed E-state index contributed by atoms with van der Waals surface area (Å²) in [5, 5.41) is 31.5. The molecule has 1 saturated heterocycles. The van der Waals surface area contributed by atoms with Crippen molar-refractivity contribution in [3.8, 4) is 0 Å². The molecule has 0 spiro atoms. The van der Waals surface area contributed by atoms with E-state index in [0.29, 0.717) is 19.3 Å². The molecule has 12 heteroatoms. The molecule has 1 aliphatic rings. The number of carboxylic acids is 1. The van der Waals surface area contributed by atoms with Gasteiger partial charge in [-0.05, 0) is 77.0 Å². The van der Waals surface area contributed by atoms with Crippen molar-refractivity contribution < 1.29 is 58.2 Å². The summed E-state index contributed by atoms with van der Waals surface area (Å²) in [5.41, 5.74) is 0. The molecule has 1 rings (SSSR count). The number of carbonyl (C=O) groups is 4. The zero-order chi connectivity index (χ0) is 54.7. The summed E-state index contributed by atoms with van der Waals surface area (Å²) in [6.07, 6.45) is 49.3. The molecule has 0 aromatic heterocycles. The minimum atomic E-state index is -1.90. The van der Waals surface area contributed by atoms with Crippen LogP contribution in [0.25, 0.3) is 0 Å². The molecule has 0 aliphatic carbocycles. The van der Waals surface area contributed by atoms with E-state index in [1.807, 2.05) is 0 Å². The highest BCUT2D eigenvalue weighted by Gasteiger charge is 2.50. The molecule has 0 aromatic carbocycles. The summed E-state index contributed by atoms with van der Waals surface area (Å²) in [4.78, 5) is 51.1. The molecular weight excluding hydrogens is 949 g/mol. The third-order valence-electron chi connectivity index (χ3n) is 13.9. The van der Waals surface area contributed by atoms with Gasteiger partial charge in [-0.25, -0.2) is 4.79 Å². The van der Waals surface area contributed by atoms with Gasteiger partial charge in [0.1, 0.15) is 18.8 Å². The number of carboxylic acid groups (broad SMARTS) is 1. The summed E-state index contributed by atoms with van der Waals surface area (Å²) < 4.78 is 28.4. The standard InChI is InChI=1S/C63H110O12/c1-4-7-10-13-16-19-22-25-27-28-30-33-36-39-42-45-48-51-57(66)74-61-59(68)58(67)60(62(69)70)75-63(61)72-53-54(73-56(65)50-47-44-41-38-35-31-24-21-18-15-12-9-6-3)52-71-55(64)49-46-43-40-37-34-32-29-26-23-20-17-14-11-8-5-2/h8,11,17,20-21,24,26,29,54,58-61,63,67-68H,4-7,9-10,12-16,18-19,22-23,25,27-28,30-53H2,1-3H3,(H,69,70)/b11-8-,20-17-,24-21-,29-26-. The normalized spacial score (nSPS) is 18.4. The lowest BCUT2D eigenvalue weighted by Crippen LogP contribution is -2.61. The Hall–Kier alpha value is -3.32. The second-order valence-corrected chi connectivity index (χ2v) is 21.0. The summed E-state index contributed by atoms with van der Waals surface area (Å²) in [7, 11) is 0. The van der Waals surface area contributed by atoms with Crippen molar-refractivity contribution in [2.24, 2.45) is 0 Å². The number of hydrogen-bond donors (Lipinski definition) is 3. The van der Waals surface area contributed by atoms with E-state index >= 15 is 0 Å². The predicted octanol–water partition coefficient (Wildman–Crippen LogP) is 15.8. The molecule has 6 atom stereocenters. The van der Waals surface area contributed by atoms with Gasteiger partial charge in [0.2, 0.25) is 0 Å². The van der Waals surface area contributed by atoms with Crippen LogP contribution in [-0.4, -0.2) is 89.2 Å². The number of aliphatic hydroxyl groups excluding tert-OH is 2. The number of allylic oxidation sites excluding steroid dienone is 8. The first-order chi connectivity index (χ1) is 36.6. The molecule has 75 heavy (non-hydrogen) atoms. The summed E-state index contributed by atoms with van der Waals surface area (Å²) >= 11 is 0. The Morgan fingerprint density at radius 1 is 0.453 bits per heavy atom. The van der Waals surface area contributed by atoms with Crippen molar-refractivity contribution in [3.63, 3.8) is 0 Å². The fourth-order valence-corrected chi connectivity index (χ4v) is 9.20. The molecule has 12 nitrogen and oxygen atoms in total. The topological polar surface area (TPSA) is 175 Å². The summed E-state index contributed by atoms with van der Waals surface area (Å²) in [5.74, 6) is -3.13. The minimum Gasteiger partial charge on any atom is -0.479 e. The molecule has 0 aromatic rings. The van der Waals surface area contributed by atoms with E-state index in [0.717, 1.165) is 116 Å². The van der Waals surface area contributed by atoms with Crippen LogP contribution in [0.3, 0.4) is 0 Å². The quantitative estimate of drug-likeness (QED) is 0.0228. The van der Waals surface area contributed by atoms with Gasteiger partial charge in [-0.1, -0.05) is 230 Å². The van der Waals surface area contributed by atoms with Crippen LogP contribution in [0.4, 0.5) is 0 Å². The molecule has 1 heterocycles. The first-order valence-corrected chi connectivity index (χ1v) is 30.6. The highest BCUT2D eigenvalue weighted by atomic mass is 16.7. The van der Waals surface area contributed by atoms with Crippen LogP contribution in [-0.2, 0) is 42.9 Å². The zero-order valence-electron chi connectivity index (χ0n) is 47.8. The Balaban J connectivity index is 2.67. The van der Waals surface area contributed by atoms with Crippen molar-refractivity contribution in [2.45, 2.75) is 314 Å². The van der Waals surface area contributed by atoms with Gasteiger partial charge in [-0.15, -0.1) is 0 Å². The highest BCUT2D eigenvalue weighted by Crippen LogP contribution is 2.27. The van der Waals surface area contributed by atoms with Crippen molar-refractivity contribution in [1.82, 2.24) is 0 Å². The predicted molar refractivity (Wildman–Crippen MR) is 303 cm³/mol. The van der Waals surface area contributed by atoms with E-state index in [2.05, 4.69) is 69.4 Å². The smallest absolute Gasteiger partial charge is 0.335 e. The summed E-state index contributed by atoms with van der Waals surface area (Å²) in [6, 6.07) is 0. The highest BCUT2D eigenvalue weighted by molar-refractivity contribution is 5.74. The fourth-order valence-electron chi connectivity index (χ4n) is 9.20. The number of aliphatic hydroxyl groups is 2. The largest absolute Gasteiger partial charge is 0.479 e. The van der Waals surface area contributed by atoms with Gasteiger partial charge in [-0.3, -0.25) is 14.4 Å². The number of ether oxygens (including phenoxy) is 5.